The predicted octanol–water partition coefficient (Wildman–Crippen LogP) is 3.18. The number of hydrogen-bond acceptors (Lipinski definition) is 5. The number of alkyl halides is 3. The molecule has 174 valence electrons. The maximum Gasteiger partial charge on any atom is 0.416 e. The van der Waals surface area contributed by atoms with Crippen LogP contribution in [-0.4, -0.2) is 32.9 Å². The third-order valence-electron chi connectivity index (χ3n) is 4.43. The highest BCUT2D eigenvalue weighted by atomic mass is 32.2. The number of amides is 1. The first kappa shape index (κ1) is 25.3. The van der Waals surface area contributed by atoms with Gasteiger partial charge in [0.2, 0.25) is 10.0 Å². The van der Waals surface area contributed by atoms with Crippen LogP contribution in [0.1, 0.15) is 37.4 Å². The molecular weight excluding hydrogens is 449 g/mol. The van der Waals surface area contributed by atoms with Crippen LogP contribution in [0.4, 0.5) is 13.2 Å². The maximum absolute atomic E-state index is 12.8. The topological polar surface area (TPSA) is 102 Å². The summed E-state index contributed by atoms with van der Waals surface area (Å²) in [5.74, 6) is -1.37. The summed E-state index contributed by atoms with van der Waals surface area (Å²) in [5.41, 5.74) is -0.243. The summed E-state index contributed by atoms with van der Waals surface area (Å²) in [4.78, 5) is 23.6. The fourth-order valence-electron chi connectivity index (χ4n) is 2.68. The Kier molecular flexibility index (Phi) is 8.39. The van der Waals surface area contributed by atoms with E-state index < -0.39 is 57.6 Å². The molecule has 0 aliphatic rings. The van der Waals surface area contributed by atoms with Crippen LogP contribution in [0.15, 0.2) is 59.5 Å². The number of benzene rings is 2. The Morgan fingerprint density at radius 3 is 2.31 bits per heavy atom. The monoisotopic (exact) mass is 472 g/mol. The lowest BCUT2D eigenvalue weighted by atomic mass is 10.1. The Bertz CT molecular complexity index is 1040. The molecule has 0 aliphatic heterocycles. The Hall–Kier alpha value is -2.92. The third kappa shape index (κ3) is 7.34. The molecule has 0 aliphatic carbocycles. The largest absolute Gasteiger partial charge is 0.453 e. The van der Waals surface area contributed by atoms with Gasteiger partial charge in [0.25, 0.3) is 5.91 Å². The highest BCUT2D eigenvalue weighted by molar-refractivity contribution is 7.89. The molecule has 0 radical (unpaired) electrons. The average Bonchev–Trinajstić information content (AvgIpc) is 2.73. The number of rotatable bonds is 9. The van der Waals surface area contributed by atoms with Crippen molar-refractivity contribution in [2.75, 3.05) is 6.54 Å². The smallest absolute Gasteiger partial charge is 0.416 e. The summed E-state index contributed by atoms with van der Waals surface area (Å²) >= 11 is 0. The van der Waals surface area contributed by atoms with E-state index >= 15 is 0 Å². The summed E-state index contributed by atoms with van der Waals surface area (Å²) in [6.45, 7) is 2.73. The van der Waals surface area contributed by atoms with Crippen LogP contribution in [0.2, 0.25) is 0 Å². The van der Waals surface area contributed by atoms with Crippen LogP contribution in [0.5, 0.6) is 0 Å². The van der Waals surface area contributed by atoms with Gasteiger partial charge in [-0.1, -0.05) is 36.4 Å². The van der Waals surface area contributed by atoms with Gasteiger partial charge in [0.15, 0.2) is 6.10 Å². The van der Waals surface area contributed by atoms with E-state index in [0.29, 0.717) is 6.07 Å². The molecule has 0 saturated heterocycles. The zero-order chi connectivity index (χ0) is 23.9. The van der Waals surface area contributed by atoms with Gasteiger partial charge in [0.05, 0.1) is 22.9 Å². The Morgan fingerprint density at radius 2 is 1.69 bits per heavy atom. The number of nitrogens with one attached hydrogen (secondary N) is 2. The number of hydrogen-bond donors (Lipinski definition) is 2. The lowest BCUT2D eigenvalue weighted by Gasteiger charge is -2.18. The molecule has 2 unspecified atom stereocenters. The number of sulfonamides is 1. The van der Waals surface area contributed by atoms with E-state index in [2.05, 4.69) is 5.32 Å². The van der Waals surface area contributed by atoms with Crippen molar-refractivity contribution in [3.05, 3.63) is 65.7 Å². The standard InChI is InChI=1S/C21H23F3N2O5S/c1-14(16-7-4-3-5-8-16)26-20(28)15(2)31-19(27)11-12-25-32(29,30)18-10-6-9-17(13-18)21(22,23)24/h3-10,13-15,25H,11-12H2,1-2H3,(H,26,28). The van der Waals surface area contributed by atoms with Crippen molar-refractivity contribution in [1.82, 2.24) is 10.0 Å². The molecule has 0 saturated carbocycles. The van der Waals surface area contributed by atoms with Crippen LogP contribution in [0, 0.1) is 0 Å². The van der Waals surface area contributed by atoms with Crippen molar-refractivity contribution in [3.63, 3.8) is 0 Å². The van der Waals surface area contributed by atoms with E-state index in [9.17, 15) is 31.2 Å². The number of carbonyl (C=O) groups is 2. The molecule has 32 heavy (non-hydrogen) atoms. The summed E-state index contributed by atoms with van der Waals surface area (Å²) in [5, 5.41) is 2.70. The van der Waals surface area contributed by atoms with Gasteiger partial charge in [0, 0.05) is 6.54 Å². The van der Waals surface area contributed by atoms with E-state index in [0.717, 1.165) is 23.8 Å². The molecule has 2 rings (SSSR count). The van der Waals surface area contributed by atoms with Gasteiger partial charge < -0.3 is 10.1 Å². The molecule has 2 N–H and O–H groups in total. The SMILES string of the molecule is CC(OC(=O)CCNS(=O)(=O)c1cccc(C(F)(F)F)c1)C(=O)NC(C)c1ccccc1. The zero-order valence-electron chi connectivity index (χ0n) is 17.3. The first-order valence-corrected chi connectivity index (χ1v) is 11.1. The predicted molar refractivity (Wildman–Crippen MR) is 110 cm³/mol. The minimum Gasteiger partial charge on any atom is -0.453 e. The lowest BCUT2D eigenvalue weighted by Crippen LogP contribution is -2.37. The minimum atomic E-state index is -4.69. The fourth-order valence-corrected chi connectivity index (χ4v) is 3.75. The van der Waals surface area contributed by atoms with Crippen LogP contribution >= 0.6 is 0 Å². The Morgan fingerprint density at radius 1 is 1.03 bits per heavy atom. The second-order valence-corrected chi connectivity index (χ2v) is 8.71. The highest BCUT2D eigenvalue weighted by Gasteiger charge is 2.31. The van der Waals surface area contributed by atoms with Gasteiger partial charge in [-0.05, 0) is 37.6 Å². The second kappa shape index (κ2) is 10.6. The van der Waals surface area contributed by atoms with Crippen LogP contribution in [0.3, 0.4) is 0 Å². The van der Waals surface area contributed by atoms with Gasteiger partial charge >= 0.3 is 12.1 Å². The number of ether oxygens (including phenoxy) is 1. The molecule has 0 spiro atoms. The molecule has 2 aromatic carbocycles. The molecule has 2 aromatic rings. The van der Waals surface area contributed by atoms with Crippen molar-refractivity contribution in [3.8, 4) is 0 Å². The van der Waals surface area contributed by atoms with Crippen LogP contribution < -0.4 is 10.0 Å². The van der Waals surface area contributed by atoms with Gasteiger partial charge in [0.1, 0.15) is 0 Å². The lowest BCUT2D eigenvalue weighted by molar-refractivity contribution is -0.154. The molecule has 0 fully saturated rings. The summed E-state index contributed by atoms with van der Waals surface area (Å²) in [6.07, 6.45) is -6.22. The molecule has 0 heterocycles. The molecule has 7 nitrogen and oxygen atoms in total. The molecule has 11 heteroatoms. The van der Waals surface area contributed by atoms with E-state index in [1.54, 1.807) is 6.92 Å². The summed E-state index contributed by atoms with van der Waals surface area (Å²) in [7, 11) is -4.27. The summed E-state index contributed by atoms with van der Waals surface area (Å²) < 4.78 is 69.7. The Labute approximate surface area is 184 Å². The van der Waals surface area contributed by atoms with Gasteiger partial charge in [-0.2, -0.15) is 13.2 Å². The number of halogens is 3. The second-order valence-electron chi connectivity index (χ2n) is 6.95. The minimum absolute atomic E-state index is 0.316. The fraction of sp³-hybridized carbons (Fsp3) is 0.333. The third-order valence-corrected chi connectivity index (χ3v) is 5.89. The first-order chi connectivity index (χ1) is 14.9. The van der Waals surface area contributed by atoms with Gasteiger partial charge in [-0.25, -0.2) is 13.1 Å². The van der Waals surface area contributed by atoms with Gasteiger partial charge in [-0.15, -0.1) is 0 Å². The zero-order valence-corrected chi connectivity index (χ0v) is 18.2. The van der Waals surface area contributed by atoms with Crippen molar-refractivity contribution in [1.29, 1.82) is 0 Å². The molecular formula is C21H23F3N2O5S. The number of carbonyl (C=O) groups excluding carboxylic acids is 2. The molecule has 2 atom stereocenters. The molecule has 0 aromatic heterocycles. The maximum atomic E-state index is 12.8. The van der Waals surface area contributed by atoms with Crippen LogP contribution in [0.25, 0.3) is 0 Å². The van der Waals surface area contributed by atoms with Crippen molar-refractivity contribution in [2.45, 2.75) is 43.5 Å². The van der Waals surface area contributed by atoms with Crippen molar-refractivity contribution < 1.29 is 35.9 Å². The summed E-state index contributed by atoms with van der Waals surface area (Å²) in [6, 6.07) is 12.1. The number of esters is 1. The van der Waals surface area contributed by atoms with E-state index in [-0.39, 0.29) is 6.04 Å². The first-order valence-electron chi connectivity index (χ1n) is 9.62. The van der Waals surface area contributed by atoms with Crippen LogP contribution in [-0.2, 0) is 30.5 Å². The van der Waals surface area contributed by atoms with E-state index in [1.807, 2.05) is 35.1 Å². The van der Waals surface area contributed by atoms with Crippen molar-refractivity contribution in [2.24, 2.45) is 0 Å². The molecule has 1 amide bonds. The quantitative estimate of drug-likeness (QED) is 0.546. The normalized spacial score (nSPS) is 13.8. The Balaban J connectivity index is 1.84. The van der Waals surface area contributed by atoms with Gasteiger partial charge in [-0.3, -0.25) is 9.59 Å². The molecule has 0 bridgehead atoms. The van der Waals surface area contributed by atoms with E-state index in [1.165, 1.54) is 6.92 Å². The van der Waals surface area contributed by atoms with E-state index in [4.69, 9.17) is 4.74 Å². The average molecular weight is 472 g/mol. The van der Waals surface area contributed by atoms with Crippen molar-refractivity contribution >= 4 is 21.9 Å². The highest BCUT2D eigenvalue weighted by Crippen LogP contribution is 2.30.